The number of Topliss-reactive ketones (excluding diaryl/α,β-unsaturated/α-hetero) is 1. The maximum Gasteiger partial charge on any atom is 0.339 e. The molecule has 2 aromatic rings. The summed E-state index contributed by atoms with van der Waals surface area (Å²) in [6.45, 7) is -1.08. The zero-order valence-electron chi connectivity index (χ0n) is 42.5. The Hall–Kier alpha value is -8.07. The number of carbonyl (C=O) groups is 9. The minimum atomic E-state index is -1.59. The molecule has 0 radical (unpaired) electrons. The summed E-state index contributed by atoms with van der Waals surface area (Å²) in [4.78, 5) is 134. The molecule has 0 saturated carbocycles. The Morgan fingerprint density at radius 1 is 0.697 bits per heavy atom. The van der Waals surface area contributed by atoms with Crippen LogP contribution in [0.1, 0.15) is 75.3 Å². The van der Waals surface area contributed by atoms with Crippen molar-refractivity contribution in [3.05, 3.63) is 71.8 Å². The predicted molar refractivity (Wildman–Crippen MR) is 276 cm³/mol. The van der Waals surface area contributed by atoms with E-state index >= 15 is 0 Å². The van der Waals surface area contributed by atoms with E-state index in [1.165, 1.54) is 19.8 Å². The van der Waals surface area contributed by atoms with E-state index < -0.39 is 110 Å². The summed E-state index contributed by atoms with van der Waals surface area (Å²) in [6, 6.07) is 11.1. The van der Waals surface area contributed by atoms with Crippen LogP contribution in [0.4, 0.5) is 9.59 Å². The van der Waals surface area contributed by atoms with Crippen LogP contribution in [-0.2, 0) is 46.7 Å². The number of ketones is 1. The van der Waals surface area contributed by atoms with Crippen LogP contribution < -0.4 is 44.7 Å². The molecule has 15 N–H and O–H groups in total. The van der Waals surface area contributed by atoms with Gasteiger partial charge in [0.15, 0.2) is 17.7 Å². The second-order valence-electron chi connectivity index (χ2n) is 18.7. The fraction of sp³-hybridized carbons (Fsp3) is 0.531. The molecular formula is C49H72N16O11. The standard InChI is InChI=1S/C49H72N16O11/c50-36(17-8-21-56-47(53)54)43(71)64-24-11-25-65(64)49(76)62-23-10-18-38(62)41(69)57-27-35(67)30-60(28-32-12-3-1-4-13-32)48(75)58-37(31-66)44(72)61-22-9-19-39(61)42(70)59-63(29-33-14-5-2-6-15-33)40(68)26-34(45(73)74)16-7-20-55-46(51)52/h1-6,12-15,34,36-39,66H,7-11,16-31,50H2,(H,57,69)(H,58,75)(H,59,70)(H,73,74)(H4,51,52,55)(H4,53,54,56)/t34-,36-,37-,38-,39-/m0/s1. The quantitative estimate of drug-likeness (QED) is 0.0219. The molecule has 0 unspecified atom stereocenters. The molecule has 27 nitrogen and oxygen atoms in total. The van der Waals surface area contributed by atoms with Crippen molar-refractivity contribution in [1.82, 2.24) is 45.8 Å². The number of nitrogens with zero attached hydrogens (tertiary/aromatic N) is 8. The molecule has 3 aliphatic heterocycles. The number of amides is 9. The first-order chi connectivity index (χ1) is 36.4. The summed E-state index contributed by atoms with van der Waals surface area (Å²) < 4.78 is 0. The van der Waals surface area contributed by atoms with Crippen LogP contribution in [0.15, 0.2) is 70.6 Å². The molecule has 3 saturated heterocycles. The number of nitrogens with one attached hydrogen (secondary N) is 3. The number of rotatable bonds is 25. The number of hydrogen-bond donors (Lipinski definition) is 10. The number of aliphatic hydroxyl groups is 1. The third-order valence-corrected chi connectivity index (χ3v) is 13.0. The van der Waals surface area contributed by atoms with E-state index in [2.05, 4.69) is 26.0 Å². The van der Waals surface area contributed by atoms with Gasteiger partial charge in [0.2, 0.25) is 17.7 Å². The number of hydrazine groups is 2. The number of hydrogen-bond acceptors (Lipinski definition) is 13. The molecule has 5 atom stereocenters. The Balaban J connectivity index is 1.21. The summed E-state index contributed by atoms with van der Waals surface area (Å²) in [5.41, 5.74) is 31.5. The molecule has 414 valence electrons. The third kappa shape index (κ3) is 17.3. The topological polar surface area (TPSA) is 404 Å². The number of aliphatic carboxylic acids is 1. The molecule has 3 heterocycles. The summed E-state index contributed by atoms with van der Waals surface area (Å²) in [7, 11) is 0. The molecule has 3 fully saturated rings. The number of nitrogens with two attached hydrogens (primary N) is 5. The van der Waals surface area contributed by atoms with Gasteiger partial charge in [0.1, 0.15) is 18.1 Å². The van der Waals surface area contributed by atoms with Crippen molar-refractivity contribution < 1.29 is 53.4 Å². The molecular weight excluding hydrogens is 989 g/mol. The monoisotopic (exact) mass is 1060 g/mol. The van der Waals surface area contributed by atoms with Gasteiger partial charge in [-0.25, -0.2) is 24.6 Å². The highest BCUT2D eigenvalue weighted by molar-refractivity contribution is 5.96. The number of likely N-dealkylation sites (tertiary alicyclic amines) is 2. The smallest absolute Gasteiger partial charge is 0.339 e. The van der Waals surface area contributed by atoms with Gasteiger partial charge in [-0.05, 0) is 68.9 Å². The molecule has 0 aliphatic carbocycles. The first-order valence-corrected chi connectivity index (χ1v) is 25.3. The van der Waals surface area contributed by atoms with Crippen molar-refractivity contribution in [2.24, 2.45) is 44.6 Å². The Bertz CT molecular complexity index is 2410. The molecule has 0 spiro atoms. The van der Waals surface area contributed by atoms with E-state index in [1.807, 2.05) is 0 Å². The van der Waals surface area contributed by atoms with Crippen LogP contribution in [-0.4, -0.2) is 188 Å². The minimum Gasteiger partial charge on any atom is -0.481 e. The molecule has 0 bridgehead atoms. The van der Waals surface area contributed by atoms with E-state index in [0.717, 1.165) is 9.91 Å². The maximum absolute atomic E-state index is 14.1. The number of aliphatic imine (C=N–C) groups is 2. The van der Waals surface area contributed by atoms with Gasteiger partial charge < -0.3 is 64.2 Å². The Morgan fingerprint density at radius 3 is 1.86 bits per heavy atom. The highest BCUT2D eigenvalue weighted by Crippen LogP contribution is 2.24. The largest absolute Gasteiger partial charge is 0.481 e. The average molecular weight is 1060 g/mol. The van der Waals surface area contributed by atoms with Crippen molar-refractivity contribution in [1.29, 1.82) is 0 Å². The maximum atomic E-state index is 14.1. The first-order valence-electron chi connectivity index (χ1n) is 25.3. The van der Waals surface area contributed by atoms with E-state index in [9.17, 15) is 53.4 Å². The van der Waals surface area contributed by atoms with Gasteiger partial charge in [-0.3, -0.25) is 49.0 Å². The van der Waals surface area contributed by atoms with E-state index in [-0.39, 0.29) is 96.4 Å². The van der Waals surface area contributed by atoms with Gasteiger partial charge in [0, 0.05) is 52.2 Å². The van der Waals surface area contributed by atoms with E-state index in [4.69, 9.17) is 28.7 Å². The van der Waals surface area contributed by atoms with Crippen LogP contribution in [0.5, 0.6) is 0 Å². The Morgan fingerprint density at radius 2 is 1.26 bits per heavy atom. The summed E-state index contributed by atoms with van der Waals surface area (Å²) in [5, 5.41) is 29.1. The van der Waals surface area contributed by atoms with Crippen LogP contribution >= 0.6 is 0 Å². The number of benzene rings is 2. The van der Waals surface area contributed by atoms with Crippen molar-refractivity contribution >= 4 is 65.3 Å². The minimum absolute atomic E-state index is 0.0497. The van der Waals surface area contributed by atoms with Gasteiger partial charge >= 0.3 is 18.0 Å². The van der Waals surface area contributed by atoms with Gasteiger partial charge in [-0.1, -0.05) is 60.7 Å². The second-order valence-corrected chi connectivity index (χ2v) is 18.7. The fourth-order valence-corrected chi connectivity index (χ4v) is 9.14. The summed E-state index contributed by atoms with van der Waals surface area (Å²) in [6.07, 6.45) is 2.34. The number of carbonyl (C=O) groups excluding carboxylic acids is 8. The van der Waals surface area contributed by atoms with Gasteiger partial charge in [-0.15, -0.1) is 0 Å². The average Bonchev–Trinajstić information content (AvgIpc) is 4.22. The summed E-state index contributed by atoms with van der Waals surface area (Å²) in [5.74, 6) is -6.58. The van der Waals surface area contributed by atoms with E-state index in [1.54, 1.807) is 60.7 Å². The van der Waals surface area contributed by atoms with Crippen LogP contribution in [0.3, 0.4) is 0 Å². The highest BCUT2D eigenvalue weighted by atomic mass is 16.4. The number of guanidine groups is 2. The van der Waals surface area contributed by atoms with Crippen LogP contribution in [0.25, 0.3) is 0 Å². The molecule has 5 rings (SSSR count). The molecule has 0 aromatic heterocycles. The lowest BCUT2D eigenvalue weighted by atomic mass is 9.99. The van der Waals surface area contributed by atoms with E-state index in [0.29, 0.717) is 36.8 Å². The van der Waals surface area contributed by atoms with Gasteiger partial charge in [0.25, 0.3) is 11.8 Å². The molecule has 27 heteroatoms. The molecule has 3 aliphatic rings. The number of urea groups is 2. The Labute approximate surface area is 440 Å². The Kier molecular flexibility index (Phi) is 22.5. The van der Waals surface area contributed by atoms with Crippen molar-refractivity contribution in [2.75, 3.05) is 59.0 Å². The molecule has 76 heavy (non-hydrogen) atoms. The van der Waals surface area contributed by atoms with Crippen LogP contribution in [0, 0.1) is 5.92 Å². The van der Waals surface area contributed by atoms with Crippen molar-refractivity contribution in [3.63, 3.8) is 0 Å². The zero-order chi connectivity index (χ0) is 55.3. The molecule has 9 amide bonds. The van der Waals surface area contributed by atoms with Gasteiger partial charge in [0.05, 0.1) is 38.2 Å². The van der Waals surface area contributed by atoms with Crippen molar-refractivity contribution in [2.45, 2.75) is 101 Å². The second kappa shape index (κ2) is 29.1. The lowest BCUT2D eigenvalue weighted by molar-refractivity contribution is -0.151. The number of carboxylic acids is 1. The van der Waals surface area contributed by atoms with Crippen LogP contribution in [0.2, 0.25) is 0 Å². The first kappa shape index (κ1) is 58.8. The number of carboxylic acid groups (broad SMARTS) is 1. The lowest BCUT2D eigenvalue weighted by Gasteiger charge is -2.34. The fourth-order valence-electron chi connectivity index (χ4n) is 9.14. The van der Waals surface area contributed by atoms with Crippen molar-refractivity contribution in [3.8, 4) is 0 Å². The predicted octanol–water partition coefficient (Wildman–Crippen LogP) is -2.15. The normalized spacial score (nSPS) is 17.2. The molecule has 2 aromatic carbocycles. The SMILES string of the molecule is NC(N)=NCCC[C@@H](CC(=O)N(Cc1ccccc1)NC(=O)[C@@H]1CCCN1C(=O)[C@H](CO)NC(=O)N(CC(=O)CNC(=O)[C@@H]1CCCN1C(=O)N1CCCN1C(=O)[C@@H](N)CCCN=C(N)N)Cc1ccccc1)C(=O)O. The third-order valence-electron chi connectivity index (χ3n) is 13.0. The van der Waals surface area contributed by atoms with Gasteiger partial charge in [-0.2, -0.15) is 0 Å². The lowest BCUT2D eigenvalue weighted by Crippen LogP contribution is -2.58. The number of aliphatic hydroxyl groups excluding tert-OH is 1. The zero-order valence-corrected chi connectivity index (χ0v) is 42.5. The summed E-state index contributed by atoms with van der Waals surface area (Å²) >= 11 is 0. The highest BCUT2D eigenvalue weighted by Gasteiger charge is 2.42.